The van der Waals surface area contributed by atoms with Gasteiger partial charge in [0, 0.05) is 24.2 Å². The molecule has 0 saturated carbocycles. The van der Waals surface area contributed by atoms with Gasteiger partial charge in [-0.05, 0) is 55.5 Å². The van der Waals surface area contributed by atoms with Gasteiger partial charge in [0.25, 0.3) is 0 Å². The third-order valence-corrected chi connectivity index (χ3v) is 6.73. The normalized spacial score (nSPS) is 15.0. The summed E-state index contributed by atoms with van der Waals surface area (Å²) in [6.07, 6.45) is 6.86. The Hall–Kier alpha value is -3.48. The first-order valence-electron chi connectivity index (χ1n) is 13.3. The van der Waals surface area contributed by atoms with Crippen LogP contribution in [0.2, 0.25) is 0 Å². The summed E-state index contributed by atoms with van der Waals surface area (Å²) < 4.78 is 28.3. The van der Waals surface area contributed by atoms with Gasteiger partial charge < -0.3 is 0 Å². The second-order valence-corrected chi connectivity index (χ2v) is 9.48. The van der Waals surface area contributed by atoms with Crippen LogP contribution in [-0.4, -0.2) is 28.4 Å². The number of unbranched alkanes of at least 4 members (excludes halogenated alkanes) is 3. The number of hydrogen-bond donors (Lipinski definition) is 0. The third kappa shape index (κ3) is 6.45. The molecule has 0 spiro atoms. The van der Waals surface area contributed by atoms with Crippen LogP contribution < -0.4 is 4.90 Å². The van der Waals surface area contributed by atoms with Gasteiger partial charge in [0.15, 0.2) is 5.82 Å². The van der Waals surface area contributed by atoms with Crippen molar-refractivity contribution in [2.75, 3.05) is 11.4 Å². The van der Waals surface area contributed by atoms with Crippen LogP contribution in [0.15, 0.2) is 59.6 Å². The SMILES string of the molecule is CCCCCCC(=O)N(CCC)c1ccc(-c2ccc(C3CCC(c4c(F)cccc4F)=N3)cc2)nn1. The van der Waals surface area contributed by atoms with Gasteiger partial charge in [-0.3, -0.25) is 14.7 Å². The summed E-state index contributed by atoms with van der Waals surface area (Å²) in [4.78, 5) is 19.1. The lowest BCUT2D eigenvalue weighted by Gasteiger charge is -2.21. The molecule has 0 saturated heterocycles. The predicted octanol–water partition coefficient (Wildman–Crippen LogP) is 7.46. The molecule has 0 bridgehead atoms. The minimum absolute atomic E-state index is 0.0199. The molecule has 0 N–H and O–H groups in total. The number of aliphatic imine (C=N–C) groups is 1. The fourth-order valence-electron chi connectivity index (χ4n) is 4.72. The number of amides is 1. The van der Waals surface area contributed by atoms with Crippen molar-refractivity contribution in [1.29, 1.82) is 0 Å². The molecule has 0 radical (unpaired) electrons. The molecule has 3 aromatic rings. The van der Waals surface area contributed by atoms with E-state index in [1.165, 1.54) is 18.2 Å². The Morgan fingerprint density at radius 3 is 2.32 bits per heavy atom. The number of benzene rings is 2. The lowest BCUT2D eigenvalue weighted by atomic mass is 10.0. The van der Waals surface area contributed by atoms with Crippen molar-refractivity contribution in [2.24, 2.45) is 4.99 Å². The van der Waals surface area contributed by atoms with Crippen molar-refractivity contribution in [3.05, 3.63) is 77.4 Å². The molecule has 37 heavy (non-hydrogen) atoms. The monoisotopic (exact) mass is 504 g/mol. The zero-order chi connectivity index (χ0) is 26.2. The van der Waals surface area contributed by atoms with Crippen molar-refractivity contribution in [2.45, 2.75) is 71.3 Å². The second-order valence-electron chi connectivity index (χ2n) is 9.48. The molecule has 1 aliphatic rings. The van der Waals surface area contributed by atoms with Crippen LogP contribution >= 0.6 is 0 Å². The van der Waals surface area contributed by atoms with E-state index in [0.29, 0.717) is 43.0 Å². The number of halogens is 2. The largest absolute Gasteiger partial charge is 0.295 e. The molecule has 194 valence electrons. The molecule has 1 unspecified atom stereocenters. The number of hydrogen-bond acceptors (Lipinski definition) is 4. The fourth-order valence-corrected chi connectivity index (χ4v) is 4.72. The van der Waals surface area contributed by atoms with E-state index >= 15 is 0 Å². The highest BCUT2D eigenvalue weighted by Gasteiger charge is 2.24. The van der Waals surface area contributed by atoms with Crippen molar-refractivity contribution in [1.82, 2.24) is 10.2 Å². The van der Waals surface area contributed by atoms with Crippen molar-refractivity contribution in [3.8, 4) is 11.3 Å². The minimum Gasteiger partial charge on any atom is -0.295 e. The number of anilines is 1. The maximum absolute atomic E-state index is 14.2. The molecule has 5 nitrogen and oxygen atoms in total. The molecule has 7 heteroatoms. The molecule has 2 heterocycles. The Morgan fingerprint density at radius 2 is 1.68 bits per heavy atom. The summed E-state index contributed by atoms with van der Waals surface area (Å²) in [5.41, 5.74) is 3.06. The lowest BCUT2D eigenvalue weighted by molar-refractivity contribution is -0.118. The summed E-state index contributed by atoms with van der Waals surface area (Å²) in [6.45, 7) is 4.83. The first kappa shape index (κ1) is 26.6. The molecule has 1 aliphatic heterocycles. The van der Waals surface area contributed by atoms with Gasteiger partial charge in [-0.2, -0.15) is 0 Å². The predicted molar refractivity (Wildman–Crippen MR) is 144 cm³/mol. The average Bonchev–Trinajstić information content (AvgIpc) is 3.39. The van der Waals surface area contributed by atoms with Crippen molar-refractivity contribution in [3.63, 3.8) is 0 Å². The second kappa shape index (κ2) is 12.7. The van der Waals surface area contributed by atoms with E-state index in [1.807, 2.05) is 43.3 Å². The third-order valence-electron chi connectivity index (χ3n) is 6.73. The van der Waals surface area contributed by atoms with Crippen LogP contribution in [0.1, 0.15) is 82.4 Å². The standard InChI is InChI=1S/C30H34F2N4O/c1-3-5-6-7-11-29(37)36(20-4-2)28-19-18-26(34-35-28)22-14-12-21(13-15-22)25-16-17-27(33-25)30-23(31)9-8-10-24(30)32/h8-10,12-15,18-19,25H,3-7,11,16-17,20H2,1-2H3. The van der Waals surface area contributed by atoms with Gasteiger partial charge >= 0.3 is 0 Å². The maximum Gasteiger partial charge on any atom is 0.228 e. The summed E-state index contributed by atoms with van der Waals surface area (Å²) >= 11 is 0. The highest BCUT2D eigenvalue weighted by Crippen LogP contribution is 2.33. The van der Waals surface area contributed by atoms with Crippen LogP contribution in [0.3, 0.4) is 0 Å². The summed E-state index contributed by atoms with van der Waals surface area (Å²) in [6, 6.07) is 15.4. The Kier molecular flexibility index (Phi) is 9.09. The molecule has 1 amide bonds. The Labute approximate surface area is 217 Å². The Bertz CT molecular complexity index is 1210. The quantitative estimate of drug-likeness (QED) is 0.255. The van der Waals surface area contributed by atoms with Crippen molar-refractivity contribution < 1.29 is 13.6 Å². The summed E-state index contributed by atoms with van der Waals surface area (Å²) in [5.74, 6) is -0.480. The number of aromatic nitrogens is 2. The van der Waals surface area contributed by atoms with Gasteiger partial charge in [-0.15, -0.1) is 10.2 Å². The highest BCUT2D eigenvalue weighted by molar-refractivity contribution is 6.02. The van der Waals surface area contributed by atoms with Gasteiger partial charge in [0.05, 0.1) is 17.3 Å². The summed E-state index contributed by atoms with van der Waals surface area (Å²) in [7, 11) is 0. The molecule has 0 fully saturated rings. The molecule has 4 rings (SSSR count). The molecular weight excluding hydrogens is 470 g/mol. The number of rotatable bonds is 11. The molecule has 0 aliphatic carbocycles. The van der Waals surface area contributed by atoms with Crippen LogP contribution in [-0.2, 0) is 4.79 Å². The van der Waals surface area contributed by atoms with Gasteiger partial charge in [0.2, 0.25) is 5.91 Å². The number of carbonyl (C=O) groups excluding carboxylic acids is 1. The Morgan fingerprint density at radius 1 is 0.919 bits per heavy atom. The average molecular weight is 505 g/mol. The van der Waals surface area contributed by atoms with E-state index in [2.05, 4.69) is 22.1 Å². The highest BCUT2D eigenvalue weighted by atomic mass is 19.1. The zero-order valence-electron chi connectivity index (χ0n) is 21.6. The van der Waals surface area contributed by atoms with Crippen LogP contribution in [0, 0.1) is 11.6 Å². The Balaban J connectivity index is 1.44. The van der Waals surface area contributed by atoms with E-state index in [-0.39, 0.29) is 17.5 Å². The van der Waals surface area contributed by atoms with E-state index in [0.717, 1.165) is 43.2 Å². The molecule has 1 aromatic heterocycles. The maximum atomic E-state index is 14.2. The topological polar surface area (TPSA) is 58.5 Å². The number of carbonyl (C=O) groups is 1. The lowest BCUT2D eigenvalue weighted by Crippen LogP contribution is -2.32. The number of nitrogens with zero attached hydrogens (tertiary/aromatic N) is 4. The van der Waals surface area contributed by atoms with Crippen molar-refractivity contribution >= 4 is 17.4 Å². The first-order chi connectivity index (χ1) is 18.0. The smallest absolute Gasteiger partial charge is 0.228 e. The zero-order valence-corrected chi connectivity index (χ0v) is 21.6. The molecular formula is C30H34F2N4O. The van der Waals surface area contributed by atoms with E-state index in [4.69, 9.17) is 0 Å². The van der Waals surface area contributed by atoms with E-state index in [9.17, 15) is 13.6 Å². The summed E-state index contributed by atoms with van der Waals surface area (Å²) in [5, 5.41) is 8.75. The van der Waals surface area contributed by atoms with Crippen LogP contribution in [0.4, 0.5) is 14.6 Å². The van der Waals surface area contributed by atoms with Gasteiger partial charge in [0.1, 0.15) is 11.6 Å². The molecule has 2 aromatic carbocycles. The van der Waals surface area contributed by atoms with Crippen LogP contribution in [0.5, 0.6) is 0 Å². The molecule has 1 atom stereocenters. The van der Waals surface area contributed by atoms with Gasteiger partial charge in [-0.1, -0.05) is 63.4 Å². The first-order valence-corrected chi connectivity index (χ1v) is 13.3. The fraction of sp³-hybridized carbons (Fsp3) is 0.400. The van der Waals surface area contributed by atoms with E-state index < -0.39 is 11.6 Å². The minimum atomic E-state index is -0.576. The van der Waals surface area contributed by atoms with Gasteiger partial charge in [-0.25, -0.2) is 8.78 Å². The van der Waals surface area contributed by atoms with E-state index in [1.54, 1.807) is 4.90 Å². The van der Waals surface area contributed by atoms with Crippen LogP contribution in [0.25, 0.3) is 11.3 Å².